The Balaban J connectivity index is 2.09. The molecule has 0 aliphatic heterocycles. The van der Waals surface area contributed by atoms with E-state index >= 15 is 0 Å². The van der Waals surface area contributed by atoms with Crippen LogP contribution in [0.1, 0.15) is 31.0 Å². The maximum absolute atomic E-state index is 6.20. The van der Waals surface area contributed by atoms with Crippen molar-refractivity contribution in [3.05, 3.63) is 52.8 Å². The highest BCUT2D eigenvalue weighted by Gasteiger charge is 2.16. The van der Waals surface area contributed by atoms with Crippen LogP contribution in [0.2, 0.25) is 5.02 Å². The molecule has 5 heteroatoms. The van der Waals surface area contributed by atoms with Crippen LogP contribution >= 0.6 is 11.6 Å². The van der Waals surface area contributed by atoms with E-state index in [1.54, 1.807) is 0 Å². The third-order valence-electron chi connectivity index (χ3n) is 4.48. The van der Waals surface area contributed by atoms with Crippen LogP contribution in [0.4, 0.5) is 5.69 Å². The fraction of sp³-hybridized carbons (Fsp3) is 0.350. The van der Waals surface area contributed by atoms with E-state index < -0.39 is 0 Å². The van der Waals surface area contributed by atoms with Gasteiger partial charge < -0.3 is 15.0 Å². The summed E-state index contributed by atoms with van der Waals surface area (Å²) in [4.78, 5) is 7.20. The number of pyridine rings is 1. The van der Waals surface area contributed by atoms with Crippen LogP contribution < -0.4 is 5.73 Å². The van der Waals surface area contributed by atoms with Gasteiger partial charge in [0.1, 0.15) is 5.65 Å². The van der Waals surface area contributed by atoms with Gasteiger partial charge in [0, 0.05) is 29.0 Å². The number of fused-ring (bicyclic) bond motifs is 1. The largest absolute Gasteiger partial charge is 0.398 e. The van der Waals surface area contributed by atoms with Crippen molar-refractivity contribution < 1.29 is 0 Å². The first kappa shape index (κ1) is 17.8. The Morgan fingerprint density at radius 1 is 1.24 bits per heavy atom. The summed E-state index contributed by atoms with van der Waals surface area (Å²) in [6, 6.07) is 9.94. The van der Waals surface area contributed by atoms with Gasteiger partial charge in [-0.2, -0.15) is 0 Å². The van der Waals surface area contributed by atoms with Crippen molar-refractivity contribution in [3.63, 3.8) is 0 Å². The third kappa shape index (κ3) is 3.80. The second-order valence-electron chi connectivity index (χ2n) is 6.65. The van der Waals surface area contributed by atoms with Crippen molar-refractivity contribution in [2.75, 3.05) is 19.3 Å². The van der Waals surface area contributed by atoms with Gasteiger partial charge in [0.25, 0.3) is 0 Å². The minimum absolute atomic E-state index is 0.737. The molecule has 3 aromatic rings. The molecule has 2 N–H and O–H groups in total. The number of benzene rings is 1. The van der Waals surface area contributed by atoms with Crippen LogP contribution in [0.25, 0.3) is 16.9 Å². The topological polar surface area (TPSA) is 46.6 Å². The molecule has 4 nitrogen and oxygen atoms in total. The molecule has 0 amide bonds. The molecule has 0 radical (unpaired) electrons. The van der Waals surface area contributed by atoms with Gasteiger partial charge >= 0.3 is 0 Å². The van der Waals surface area contributed by atoms with E-state index in [1.807, 2.05) is 37.4 Å². The molecule has 2 heterocycles. The highest BCUT2D eigenvalue weighted by Crippen LogP contribution is 2.29. The van der Waals surface area contributed by atoms with Crippen molar-refractivity contribution in [3.8, 4) is 11.3 Å². The predicted molar refractivity (Wildman–Crippen MR) is 106 cm³/mol. The zero-order chi connectivity index (χ0) is 18.0. The number of halogens is 1. The van der Waals surface area contributed by atoms with Crippen molar-refractivity contribution in [1.29, 1.82) is 0 Å². The van der Waals surface area contributed by atoms with Crippen LogP contribution in [-0.4, -0.2) is 27.9 Å². The lowest BCUT2D eigenvalue weighted by molar-refractivity contribution is 0.316. The number of nitrogen functional groups attached to an aromatic ring is 1. The van der Waals surface area contributed by atoms with E-state index in [9.17, 15) is 0 Å². The van der Waals surface area contributed by atoms with Gasteiger partial charge in [-0.1, -0.05) is 31.0 Å². The maximum atomic E-state index is 6.20. The van der Waals surface area contributed by atoms with Crippen LogP contribution in [-0.2, 0) is 6.54 Å². The number of aryl methyl sites for hydroxylation is 1. The number of rotatable bonds is 6. The predicted octanol–water partition coefficient (Wildman–Crippen LogP) is 4.78. The highest BCUT2D eigenvalue weighted by molar-refractivity contribution is 6.31. The quantitative estimate of drug-likeness (QED) is 0.691. The average molecular weight is 357 g/mol. The van der Waals surface area contributed by atoms with Gasteiger partial charge in [-0.15, -0.1) is 0 Å². The molecule has 25 heavy (non-hydrogen) atoms. The van der Waals surface area contributed by atoms with E-state index in [1.165, 1.54) is 12.8 Å². The van der Waals surface area contributed by atoms with Gasteiger partial charge in [-0.3, -0.25) is 0 Å². The van der Waals surface area contributed by atoms with E-state index in [-0.39, 0.29) is 0 Å². The molecule has 0 bridgehead atoms. The molecular formula is C20H25ClN4. The highest BCUT2D eigenvalue weighted by atomic mass is 35.5. The molecule has 0 spiro atoms. The molecule has 0 aliphatic carbocycles. The summed E-state index contributed by atoms with van der Waals surface area (Å²) in [6.45, 7) is 6.12. The molecule has 2 aromatic heterocycles. The number of aromatic nitrogens is 2. The number of hydrogen-bond donors (Lipinski definition) is 1. The second-order valence-corrected chi connectivity index (χ2v) is 7.06. The molecule has 0 saturated carbocycles. The van der Waals surface area contributed by atoms with Gasteiger partial charge in [0.15, 0.2) is 0 Å². The van der Waals surface area contributed by atoms with E-state index in [0.717, 1.165) is 52.0 Å². The van der Waals surface area contributed by atoms with Crippen molar-refractivity contribution in [1.82, 2.24) is 14.3 Å². The van der Waals surface area contributed by atoms with Gasteiger partial charge in [0.2, 0.25) is 0 Å². The van der Waals surface area contributed by atoms with Gasteiger partial charge in [0.05, 0.1) is 11.4 Å². The van der Waals surface area contributed by atoms with Crippen LogP contribution in [0.3, 0.4) is 0 Å². The van der Waals surface area contributed by atoms with Crippen LogP contribution in [0.5, 0.6) is 0 Å². The number of hydrogen-bond acceptors (Lipinski definition) is 3. The lowest BCUT2D eigenvalue weighted by Crippen LogP contribution is -2.20. The molecule has 3 rings (SSSR count). The first-order valence-corrected chi connectivity index (χ1v) is 9.09. The molecule has 132 valence electrons. The average Bonchev–Trinajstić information content (AvgIpc) is 2.93. The summed E-state index contributed by atoms with van der Waals surface area (Å²) in [5, 5.41) is 0.776. The fourth-order valence-corrected chi connectivity index (χ4v) is 3.16. The molecule has 0 unspecified atom stereocenters. The lowest BCUT2D eigenvalue weighted by atomic mass is 10.1. The summed E-state index contributed by atoms with van der Waals surface area (Å²) in [5.74, 6) is 0. The monoisotopic (exact) mass is 356 g/mol. The summed E-state index contributed by atoms with van der Waals surface area (Å²) < 4.78 is 2.11. The smallest absolute Gasteiger partial charge is 0.137 e. The number of nitrogens with two attached hydrogens (primary N) is 1. The summed E-state index contributed by atoms with van der Waals surface area (Å²) >= 11 is 6.20. The fourth-order valence-electron chi connectivity index (χ4n) is 3.05. The first-order valence-electron chi connectivity index (χ1n) is 8.71. The standard InChI is InChI=1S/C20H25ClN4/c1-4-5-10-24(3)13-18-20(15-6-8-17(21)14(2)11-15)23-19-9-7-16(22)12-25(18)19/h6-9,11-12H,4-5,10,13,22H2,1-3H3. The molecule has 0 atom stereocenters. The molecule has 0 aliphatic rings. The number of imidazole rings is 1. The Bertz CT molecular complexity index is 885. The Labute approximate surface area is 154 Å². The SMILES string of the molecule is CCCCN(C)Cc1c(-c2ccc(Cl)c(C)c2)nc2ccc(N)cn12. The van der Waals surface area contributed by atoms with Gasteiger partial charge in [-0.25, -0.2) is 4.98 Å². The Hall–Kier alpha value is -2.04. The Morgan fingerprint density at radius 3 is 2.76 bits per heavy atom. The normalized spacial score (nSPS) is 11.6. The summed E-state index contributed by atoms with van der Waals surface area (Å²) in [7, 11) is 2.15. The number of unbranched alkanes of at least 4 members (excludes halogenated alkanes) is 1. The maximum Gasteiger partial charge on any atom is 0.137 e. The minimum atomic E-state index is 0.737. The second kappa shape index (κ2) is 7.46. The Morgan fingerprint density at radius 2 is 2.04 bits per heavy atom. The van der Waals surface area contributed by atoms with Crippen molar-refractivity contribution >= 4 is 22.9 Å². The number of anilines is 1. The van der Waals surface area contributed by atoms with Gasteiger partial charge in [-0.05, 0) is 56.8 Å². The first-order chi connectivity index (χ1) is 12.0. The molecule has 0 fully saturated rings. The van der Waals surface area contributed by atoms with E-state index in [2.05, 4.69) is 29.3 Å². The summed E-state index contributed by atoms with van der Waals surface area (Å²) in [6.07, 6.45) is 4.33. The zero-order valence-corrected chi connectivity index (χ0v) is 15.8. The Kier molecular flexibility index (Phi) is 5.30. The summed E-state index contributed by atoms with van der Waals surface area (Å²) in [5.41, 5.74) is 12.0. The minimum Gasteiger partial charge on any atom is -0.398 e. The third-order valence-corrected chi connectivity index (χ3v) is 4.91. The zero-order valence-electron chi connectivity index (χ0n) is 15.1. The molecular weight excluding hydrogens is 332 g/mol. The van der Waals surface area contributed by atoms with Crippen LogP contribution in [0, 0.1) is 6.92 Å². The van der Waals surface area contributed by atoms with Crippen molar-refractivity contribution in [2.45, 2.75) is 33.2 Å². The molecule has 0 saturated heterocycles. The van der Waals surface area contributed by atoms with Crippen molar-refractivity contribution in [2.24, 2.45) is 0 Å². The lowest BCUT2D eigenvalue weighted by Gasteiger charge is -2.17. The van der Waals surface area contributed by atoms with E-state index in [4.69, 9.17) is 22.3 Å². The van der Waals surface area contributed by atoms with Crippen LogP contribution in [0.15, 0.2) is 36.5 Å². The number of nitrogens with zero attached hydrogens (tertiary/aromatic N) is 3. The van der Waals surface area contributed by atoms with E-state index in [0.29, 0.717) is 0 Å². The molecule has 1 aromatic carbocycles.